The number of hydrogen-bond donors (Lipinski definition) is 3. The standard InChI is InChI=1S/C25H25N3O3/c1-15-2-5-23-20(8-11-31-23)24(15)17-3-4-18-16(12-17)6-10-27-22(18)14-28-21-13-26-9-7-19(21)25(29)30/h2-5,7,9,12-13,22,27-28H,6,8,10-11,14H2,1H3,(H,29,30)/t22-/m0/s1. The van der Waals surface area contributed by atoms with Crippen molar-refractivity contribution < 1.29 is 14.6 Å². The molecule has 0 saturated heterocycles. The summed E-state index contributed by atoms with van der Waals surface area (Å²) >= 11 is 0. The molecular formula is C25H25N3O3. The van der Waals surface area contributed by atoms with Crippen LogP contribution in [0.3, 0.4) is 0 Å². The minimum Gasteiger partial charge on any atom is -0.493 e. The number of rotatable bonds is 5. The van der Waals surface area contributed by atoms with Crippen LogP contribution in [0.4, 0.5) is 5.69 Å². The summed E-state index contributed by atoms with van der Waals surface area (Å²) in [5.41, 5.74) is 8.49. The van der Waals surface area contributed by atoms with E-state index in [1.54, 1.807) is 6.20 Å². The predicted octanol–water partition coefficient (Wildman–Crippen LogP) is 3.99. The van der Waals surface area contributed by atoms with Gasteiger partial charge in [0.1, 0.15) is 5.75 Å². The van der Waals surface area contributed by atoms with E-state index in [-0.39, 0.29) is 11.6 Å². The number of carboxylic acid groups (broad SMARTS) is 1. The highest BCUT2D eigenvalue weighted by Crippen LogP contribution is 2.38. The normalized spacial score (nSPS) is 16.9. The van der Waals surface area contributed by atoms with Crippen molar-refractivity contribution in [2.75, 3.05) is 25.0 Å². The summed E-state index contributed by atoms with van der Waals surface area (Å²) in [5.74, 6) is 0.0501. The Bertz CT molecular complexity index is 1160. The number of carboxylic acids is 1. The molecule has 0 unspecified atom stereocenters. The van der Waals surface area contributed by atoms with Gasteiger partial charge < -0.3 is 20.5 Å². The summed E-state index contributed by atoms with van der Waals surface area (Å²) in [5, 5.41) is 16.2. The Balaban J connectivity index is 1.42. The van der Waals surface area contributed by atoms with Gasteiger partial charge in [-0.1, -0.05) is 24.3 Å². The quantitative estimate of drug-likeness (QED) is 0.585. The number of carbonyl (C=O) groups is 1. The first kappa shape index (κ1) is 19.6. The van der Waals surface area contributed by atoms with Gasteiger partial charge in [-0.25, -0.2) is 4.79 Å². The van der Waals surface area contributed by atoms with E-state index < -0.39 is 5.97 Å². The molecule has 0 saturated carbocycles. The van der Waals surface area contributed by atoms with E-state index >= 15 is 0 Å². The maximum Gasteiger partial charge on any atom is 0.337 e. The number of ether oxygens (including phenoxy) is 1. The van der Waals surface area contributed by atoms with Crippen LogP contribution >= 0.6 is 0 Å². The number of aryl methyl sites for hydroxylation is 1. The smallest absolute Gasteiger partial charge is 0.337 e. The minimum atomic E-state index is -0.957. The lowest BCUT2D eigenvalue weighted by Crippen LogP contribution is -2.34. The monoisotopic (exact) mass is 415 g/mol. The van der Waals surface area contributed by atoms with Gasteiger partial charge in [0.15, 0.2) is 0 Å². The number of pyridine rings is 1. The van der Waals surface area contributed by atoms with Crippen LogP contribution in [0.1, 0.15) is 38.7 Å². The molecule has 1 atom stereocenters. The second-order valence-electron chi connectivity index (χ2n) is 8.11. The number of nitrogens with zero attached hydrogens (tertiary/aromatic N) is 1. The third-order valence-electron chi connectivity index (χ3n) is 6.23. The van der Waals surface area contributed by atoms with Crippen molar-refractivity contribution in [3.05, 3.63) is 76.6 Å². The average Bonchev–Trinajstić information content (AvgIpc) is 3.26. The van der Waals surface area contributed by atoms with Gasteiger partial charge >= 0.3 is 5.97 Å². The van der Waals surface area contributed by atoms with Crippen LogP contribution in [0.15, 0.2) is 48.8 Å². The fraction of sp³-hybridized carbons (Fsp3) is 0.280. The molecule has 0 aliphatic carbocycles. The molecule has 0 amide bonds. The van der Waals surface area contributed by atoms with Gasteiger partial charge in [0.25, 0.3) is 0 Å². The van der Waals surface area contributed by atoms with Crippen molar-refractivity contribution in [3.63, 3.8) is 0 Å². The number of aromatic nitrogens is 1. The first-order valence-electron chi connectivity index (χ1n) is 10.6. The lowest BCUT2D eigenvalue weighted by atomic mass is 9.87. The topological polar surface area (TPSA) is 83.5 Å². The minimum absolute atomic E-state index is 0.102. The molecule has 2 aromatic carbocycles. The van der Waals surface area contributed by atoms with Crippen molar-refractivity contribution in [2.24, 2.45) is 0 Å². The summed E-state index contributed by atoms with van der Waals surface area (Å²) in [6.45, 7) is 4.39. The Labute approximate surface area is 181 Å². The number of hydrogen-bond acceptors (Lipinski definition) is 5. The zero-order chi connectivity index (χ0) is 21.4. The summed E-state index contributed by atoms with van der Waals surface area (Å²) in [6.07, 6.45) is 4.99. The highest BCUT2D eigenvalue weighted by molar-refractivity contribution is 5.93. The van der Waals surface area contributed by atoms with Crippen LogP contribution < -0.4 is 15.4 Å². The Morgan fingerprint density at radius 1 is 1.26 bits per heavy atom. The van der Waals surface area contributed by atoms with Gasteiger partial charge in [-0.15, -0.1) is 0 Å². The molecule has 0 bridgehead atoms. The fourth-order valence-corrected chi connectivity index (χ4v) is 4.72. The average molecular weight is 415 g/mol. The lowest BCUT2D eigenvalue weighted by Gasteiger charge is -2.28. The summed E-state index contributed by atoms with van der Waals surface area (Å²) in [7, 11) is 0. The van der Waals surface area contributed by atoms with Crippen LogP contribution in [-0.4, -0.2) is 35.8 Å². The number of anilines is 1. The molecule has 158 valence electrons. The molecule has 6 heteroatoms. The van der Waals surface area contributed by atoms with Crippen LogP contribution in [0.2, 0.25) is 0 Å². The highest BCUT2D eigenvalue weighted by Gasteiger charge is 2.23. The SMILES string of the molecule is Cc1ccc2c(c1-c1ccc3c(c1)CCN[C@H]3CNc1cnccc1C(=O)O)CCO2. The number of nitrogens with one attached hydrogen (secondary N) is 2. The molecule has 5 rings (SSSR count). The van der Waals surface area contributed by atoms with E-state index in [9.17, 15) is 9.90 Å². The Morgan fingerprint density at radius 3 is 3.03 bits per heavy atom. The fourth-order valence-electron chi connectivity index (χ4n) is 4.72. The molecule has 0 fully saturated rings. The predicted molar refractivity (Wildman–Crippen MR) is 120 cm³/mol. The van der Waals surface area contributed by atoms with Crippen molar-refractivity contribution >= 4 is 11.7 Å². The van der Waals surface area contributed by atoms with E-state index in [1.807, 2.05) is 0 Å². The van der Waals surface area contributed by atoms with Crippen molar-refractivity contribution in [1.82, 2.24) is 10.3 Å². The van der Waals surface area contributed by atoms with Crippen molar-refractivity contribution in [2.45, 2.75) is 25.8 Å². The van der Waals surface area contributed by atoms with Crippen LogP contribution in [0.25, 0.3) is 11.1 Å². The Kier molecular flexibility index (Phi) is 5.08. The van der Waals surface area contributed by atoms with Gasteiger partial charge in [0, 0.05) is 30.8 Å². The second kappa shape index (κ2) is 8.04. The molecule has 3 aromatic rings. The summed E-state index contributed by atoms with van der Waals surface area (Å²) < 4.78 is 5.78. The molecule has 0 spiro atoms. The zero-order valence-electron chi connectivity index (χ0n) is 17.4. The van der Waals surface area contributed by atoms with Gasteiger partial charge in [-0.2, -0.15) is 0 Å². The highest BCUT2D eigenvalue weighted by atomic mass is 16.5. The number of fused-ring (bicyclic) bond motifs is 2. The molecule has 6 nitrogen and oxygen atoms in total. The van der Waals surface area contributed by atoms with Crippen molar-refractivity contribution in [3.8, 4) is 16.9 Å². The largest absolute Gasteiger partial charge is 0.493 e. The number of benzene rings is 2. The van der Waals surface area contributed by atoms with E-state index in [1.165, 1.54) is 45.6 Å². The second-order valence-corrected chi connectivity index (χ2v) is 8.11. The van der Waals surface area contributed by atoms with E-state index in [0.29, 0.717) is 12.2 Å². The maximum absolute atomic E-state index is 11.5. The van der Waals surface area contributed by atoms with E-state index in [2.05, 4.69) is 52.9 Å². The van der Waals surface area contributed by atoms with Gasteiger partial charge in [-0.05, 0) is 59.8 Å². The molecule has 3 N–H and O–H groups in total. The summed E-state index contributed by atoms with van der Waals surface area (Å²) in [6, 6.07) is 12.6. The van der Waals surface area contributed by atoms with Crippen molar-refractivity contribution in [1.29, 1.82) is 0 Å². The van der Waals surface area contributed by atoms with Crippen LogP contribution in [0, 0.1) is 6.92 Å². The molecule has 31 heavy (non-hydrogen) atoms. The van der Waals surface area contributed by atoms with Gasteiger partial charge in [0.05, 0.1) is 24.1 Å². The first-order valence-corrected chi connectivity index (χ1v) is 10.6. The zero-order valence-corrected chi connectivity index (χ0v) is 17.4. The third-order valence-corrected chi connectivity index (χ3v) is 6.23. The third kappa shape index (κ3) is 3.64. The number of aromatic carboxylic acids is 1. The van der Waals surface area contributed by atoms with E-state index in [4.69, 9.17) is 4.74 Å². The molecule has 3 heterocycles. The maximum atomic E-state index is 11.5. The van der Waals surface area contributed by atoms with Gasteiger partial charge in [0.2, 0.25) is 0 Å². The van der Waals surface area contributed by atoms with Crippen LogP contribution in [-0.2, 0) is 12.8 Å². The van der Waals surface area contributed by atoms with Crippen LogP contribution in [0.5, 0.6) is 5.75 Å². The Hall–Kier alpha value is -3.38. The summed E-state index contributed by atoms with van der Waals surface area (Å²) in [4.78, 5) is 15.5. The molecular weight excluding hydrogens is 390 g/mol. The molecule has 0 radical (unpaired) electrons. The Morgan fingerprint density at radius 2 is 2.16 bits per heavy atom. The molecule has 1 aromatic heterocycles. The lowest BCUT2D eigenvalue weighted by molar-refractivity contribution is 0.0697. The van der Waals surface area contributed by atoms with E-state index in [0.717, 1.165) is 31.7 Å². The first-order chi connectivity index (χ1) is 15.1. The van der Waals surface area contributed by atoms with Gasteiger partial charge in [-0.3, -0.25) is 4.98 Å². The molecule has 2 aliphatic heterocycles. The molecule has 2 aliphatic rings.